The van der Waals surface area contributed by atoms with Gasteiger partial charge in [0.15, 0.2) is 50.1 Å². The van der Waals surface area contributed by atoms with E-state index in [-0.39, 0.29) is 141 Å². The summed E-state index contributed by atoms with van der Waals surface area (Å²) in [5.74, 6) is 0.571. The Bertz CT molecular complexity index is 4860. The number of benzene rings is 3. The van der Waals surface area contributed by atoms with Gasteiger partial charge in [0.1, 0.15) is 22.5 Å². The van der Waals surface area contributed by atoms with Gasteiger partial charge in [0.05, 0.1) is 58.9 Å². The molecule has 12 rings (SSSR count). The number of fused-ring (bicyclic) bond motifs is 3. The van der Waals surface area contributed by atoms with Crippen LogP contribution in [0.4, 0.5) is 17.8 Å². The van der Waals surface area contributed by atoms with Gasteiger partial charge in [0, 0.05) is 67.0 Å². The first kappa shape index (κ1) is 96.7. The minimum Gasteiger partial charge on any atom is -0.566 e. The lowest BCUT2D eigenvalue weighted by molar-refractivity contribution is -0.894. The summed E-state index contributed by atoms with van der Waals surface area (Å²) < 4.78 is 45.3. The van der Waals surface area contributed by atoms with Gasteiger partial charge in [-0.05, 0) is 147 Å². The Hall–Kier alpha value is -8.74. The number of ether oxygens (including phenoxy) is 2. The molecule has 3 aliphatic rings. The van der Waals surface area contributed by atoms with Crippen molar-refractivity contribution < 1.29 is 61.8 Å². The molecule has 9 N–H and O–H groups in total. The molecule has 3 amide bonds. The Balaban J connectivity index is 0.000000194. The van der Waals surface area contributed by atoms with Gasteiger partial charge in [0.25, 0.3) is 16.7 Å². The SMILES string of the molecule is CC(C)C(=O)Nc1nc2c(ncn2[C@@H]2C[C@H](CO)[C@@H](O[P+](=O)[O-])C2)c(=O)[nH]1.CC(C)C(=O)Nc1nc2c(ncn2[C@@H]2C[C@H](CO)[C@@H](O[Si](C)(C)C(C)(C)C)C2)c(=O)[nH]1.CC[C@H]1C[C@@H](n2cnc3c(=O)[nH]c(NC(=O)C(C)C)nc32)C[C@@H]1O[Si](C)(C)C(C)(C)C.CC[NH+](CC)CC.COc1ccc(C(Cl)(c2ccccc2)c2ccc(OC)cc2)cc1. The number of amides is 3. The zero-order chi connectivity index (χ0) is 88.7. The molecule has 0 bridgehead atoms. The van der Waals surface area contributed by atoms with Gasteiger partial charge >= 0.3 is 8.25 Å². The number of aromatic nitrogens is 12. The van der Waals surface area contributed by atoms with Crippen molar-refractivity contribution >= 4 is 106 Å². The van der Waals surface area contributed by atoms with E-state index in [1.165, 1.54) is 26.0 Å². The third kappa shape index (κ3) is 23.7. The number of anilines is 3. The smallest absolute Gasteiger partial charge is 0.488 e. The topological polar surface area (TPSA) is 409 Å². The number of methoxy groups -OCH3 is 2. The molecule has 0 saturated heterocycles. The van der Waals surface area contributed by atoms with E-state index in [1.54, 1.807) is 77.9 Å². The molecule has 1 unspecified atom stereocenters. The number of nitrogens with zero attached hydrogens (tertiary/aromatic N) is 9. The fraction of sp³-hybridized carbons (Fsp3) is 0.576. The van der Waals surface area contributed by atoms with E-state index >= 15 is 0 Å². The van der Waals surface area contributed by atoms with Gasteiger partial charge in [0.2, 0.25) is 35.6 Å². The van der Waals surface area contributed by atoms with E-state index in [0.29, 0.717) is 48.4 Å². The molecule has 3 aliphatic carbocycles. The van der Waals surface area contributed by atoms with E-state index in [1.807, 2.05) is 88.0 Å². The number of aliphatic hydroxyl groups is 2. The Kier molecular flexibility index (Phi) is 33.8. The average Bonchev–Trinajstić information content (AvgIpc) is 1.39. The van der Waals surface area contributed by atoms with E-state index < -0.39 is 47.0 Å². The fourth-order valence-electron chi connectivity index (χ4n) is 14.4. The second-order valence-corrected chi connectivity index (χ2v) is 45.8. The number of halogens is 1. The van der Waals surface area contributed by atoms with Crippen LogP contribution in [0.5, 0.6) is 11.5 Å². The standard InChI is InChI=1S/C22H37N5O3Si.C21H19ClO2.C21H35N5O4Si.C15H20N5O6P.C6H15N/c1-9-14-10-15(11-16(14)30-31(7,8)22(4,5)6)27-12-23-17-18(27)24-21(26-20(17)29)25-19(28)13(2)3;1-23-19-12-8-17(9-13-19)21(22,16-6-4-3-5-7-16)18-10-14-20(24-2)15-11-18;1-12(2)18(28)24-20-23-17-16(19(29)25-20)22-11-26(17)14-8-13(10-27)15(9-14)30-31(6,7)21(3,4)5;1-7(2)13(22)18-15-17-12-11(14(23)19-15)16-6-20(12)9-3-8(5-21)10(4-9)26-27(24)25;1-4-7(5-2)6-3/h12-16H,9-11H2,1-8H3,(H2,24,25,26,28,29);3-15H,1-2H3;11-15,27H,8-10H2,1-7H3,(H2,23,24,25,28,29);6-10,21H,3-5H2,1-2H3,(H2,17,18,19,22,23);4-6H2,1-3H3/p+1/t14-,15+,16-;;13-,14-,15+;8-,9-,10+;/m0.11./s1. The largest absolute Gasteiger partial charge is 0.566 e. The molecule has 10 atom stereocenters. The van der Waals surface area contributed by atoms with Crippen molar-refractivity contribution in [3.63, 3.8) is 0 Å². The van der Waals surface area contributed by atoms with Crippen LogP contribution in [0.15, 0.2) is 112 Å². The van der Waals surface area contributed by atoms with E-state index in [9.17, 15) is 48.4 Å². The second kappa shape index (κ2) is 41.9. The number of carbonyl (C=O) groups is 3. The van der Waals surface area contributed by atoms with Crippen LogP contribution in [0.2, 0.25) is 36.3 Å². The third-order valence-corrected chi connectivity index (χ3v) is 34.1. The van der Waals surface area contributed by atoms with Crippen LogP contribution < -0.4 is 51.9 Å². The summed E-state index contributed by atoms with van der Waals surface area (Å²) in [4.78, 5) is 119. The van der Waals surface area contributed by atoms with Crippen molar-refractivity contribution in [2.45, 2.75) is 233 Å². The first-order chi connectivity index (χ1) is 56.5. The molecule has 3 fully saturated rings. The molecule has 9 aromatic rings. The molecule has 120 heavy (non-hydrogen) atoms. The zero-order valence-corrected chi connectivity index (χ0v) is 77.4. The van der Waals surface area contributed by atoms with Gasteiger partial charge in [-0.2, -0.15) is 15.0 Å². The fourth-order valence-corrected chi connectivity index (χ4v) is 18.1. The van der Waals surface area contributed by atoms with Crippen LogP contribution in [0.3, 0.4) is 0 Å². The Labute approximate surface area is 710 Å². The van der Waals surface area contributed by atoms with Crippen LogP contribution in [0.25, 0.3) is 33.5 Å². The maximum atomic E-state index is 12.5. The molecule has 31 nitrogen and oxygen atoms in total. The lowest BCUT2D eigenvalue weighted by atomic mass is 9.84. The van der Waals surface area contributed by atoms with E-state index in [2.05, 4.69) is 156 Å². The second-order valence-electron chi connectivity index (χ2n) is 35.1. The molecule has 3 saturated carbocycles. The first-order valence-electron chi connectivity index (χ1n) is 41.6. The number of carbonyl (C=O) groups excluding carboxylic acids is 3. The summed E-state index contributed by atoms with van der Waals surface area (Å²) in [5, 5.41) is 27.6. The van der Waals surface area contributed by atoms with Crippen molar-refractivity contribution in [2.24, 2.45) is 35.5 Å². The van der Waals surface area contributed by atoms with Crippen LogP contribution in [0.1, 0.15) is 191 Å². The summed E-state index contributed by atoms with van der Waals surface area (Å²) in [5.41, 5.74) is 3.60. The summed E-state index contributed by atoms with van der Waals surface area (Å²) in [6.07, 6.45) is 9.32. The molecule has 6 aromatic heterocycles. The Morgan fingerprint density at radius 3 is 1.12 bits per heavy atom. The summed E-state index contributed by atoms with van der Waals surface area (Å²) >= 11 is 7.22. The van der Waals surface area contributed by atoms with Crippen molar-refractivity contribution in [1.29, 1.82) is 0 Å². The molecule has 0 aliphatic heterocycles. The number of hydrogen-bond donors (Lipinski definition) is 9. The van der Waals surface area contributed by atoms with Crippen LogP contribution >= 0.6 is 19.9 Å². The summed E-state index contributed by atoms with van der Waals surface area (Å²) in [7, 11) is -3.61. The molecule has 35 heteroatoms. The quantitative estimate of drug-likeness (QED) is 0.0105. The lowest BCUT2D eigenvalue weighted by Crippen LogP contribution is -3.11. The van der Waals surface area contributed by atoms with Gasteiger partial charge in [-0.15, -0.1) is 16.1 Å². The van der Waals surface area contributed by atoms with Crippen LogP contribution in [-0.4, -0.2) is 169 Å². The minimum absolute atomic E-state index is 0.000122. The van der Waals surface area contributed by atoms with E-state index in [4.69, 9.17) is 34.5 Å². The van der Waals surface area contributed by atoms with Crippen LogP contribution in [-0.2, 0) is 37.2 Å². The predicted octanol–water partition coefficient (Wildman–Crippen LogP) is 12.7. The maximum Gasteiger partial charge on any atom is 0.488 e. The molecule has 6 heterocycles. The van der Waals surface area contributed by atoms with Gasteiger partial charge in [-0.3, -0.25) is 59.7 Å². The summed E-state index contributed by atoms with van der Waals surface area (Å²) in [6, 6.07) is 25.7. The average molecular weight is 1740 g/mol. The number of quaternary nitrogens is 1. The minimum atomic E-state index is -3.04. The van der Waals surface area contributed by atoms with Crippen molar-refractivity contribution in [2.75, 3.05) is 63.0 Å². The molecular formula is C85H127ClN16O15PSi2+. The number of alkyl halides is 1. The number of nitrogens with one attached hydrogen (secondary N) is 7. The Morgan fingerprint density at radius 2 is 0.833 bits per heavy atom. The van der Waals surface area contributed by atoms with Gasteiger partial charge in [-0.25, -0.2) is 15.0 Å². The highest BCUT2D eigenvalue weighted by atomic mass is 35.5. The lowest BCUT2D eigenvalue weighted by Gasteiger charge is -2.39. The molecule has 0 radical (unpaired) electrons. The monoisotopic (exact) mass is 1730 g/mol. The highest BCUT2D eigenvalue weighted by Crippen LogP contribution is 2.48. The van der Waals surface area contributed by atoms with Crippen molar-refractivity contribution in [3.8, 4) is 11.5 Å². The van der Waals surface area contributed by atoms with Crippen molar-refractivity contribution in [3.05, 3.63) is 146 Å². The highest BCUT2D eigenvalue weighted by Gasteiger charge is 2.47. The van der Waals surface area contributed by atoms with Gasteiger partial charge in [-0.1, -0.05) is 151 Å². The van der Waals surface area contributed by atoms with Crippen molar-refractivity contribution in [1.82, 2.24) is 58.6 Å². The Morgan fingerprint density at radius 1 is 0.525 bits per heavy atom. The first-order valence-corrected chi connectivity index (χ1v) is 48.9. The van der Waals surface area contributed by atoms with Crippen LogP contribution in [0, 0.1) is 35.5 Å². The van der Waals surface area contributed by atoms with Gasteiger partial charge < -0.3 is 52.0 Å². The molecule has 656 valence electrons. The summed E-state index contributed by atoms with van der Waals surface area (Å²) in [6.45, 7) is 45.5. The third-order valence-electron chi connectivity index (χ3n) is 24.0. The number of aromatic amines is 3. The highest BCUT2D eigenvalue weighted by molar-refractivity contribution is 7.30. The molecular weight excluding hydrogens is 1610 g/mol. The number of hydrogen-bond acceptors (Lipinski definition) is 21. The number of aliphatic hydroxyl groups excluding tert-OH is 2. The molecule has 3 aromatic carbocycles. The normalized spacial score (nSPS) is 19.6. The number of H-pyrrole nitrogens is 3. The molecule has 0 spiro atoms. The number of rotatable bonds is 26. The zero-order valence-electron chi connectivity index (χ0n) is 73.7. The maximum absolute atomic E-state index is 12.5. The predicted molar refractivity (Wildman–Crippen MR) is 472 cm³/mol. The number of imidazole rings is 3. The van der Waals surface area contributed by atoms with E-state index in [0.717, 1.165) is 47.5 Å².